The lowest BCUT2D eigenvalue weighted by Gasteiger charge is -2.22. The second-order valence-electron chi connectivity index (χ2n) is 4.63. The van der Waals surface area contributed by atoms with Crippen LogP contribution in [0.4, 0.5) is 0 Å². The van der Waals surface area contributed by atoms with Crippen LogP contribution < -0.4 is 0 Å². The second-order valence-corrected chi connectivity index (χ2v) is 4.63. The molecule has 1 amide bonds. The third-order valence-corrected chi connectivity index (χ3v) is 3.48. The van der Waals surface area contributed by atoms with Crippen LogP contribution in [0.3, 0.4) is 0 Å². The number of carbonyl (C=O) groups excluding carboxylic acids is 1. The minimum atomic E-state index is -0.163. The average Bonchev–Trinajstić information content (AvgIpc) is 2.83. The zero-order valence-corrected chi connectivity index (χ0v) is 9.30. The van der Waals surface area contributed by atoms with Crippen molar-refractivity contribution in [1.82, 2.24) is 4.90 Å². The molecule has 2 saturated heterocycles. The molecule has 0 unspecified atom stereocenters. The summed E-state index contributed by atoms with van der Waals surface area (Å²) in [4.78, 5) is 13.9. The van der Waals surface area contributed by atoms with Crippen molar-refractivity contribution >= 4 is 5.91 Å². The molecule has 3 nitrogen and oxygen atoms in total. The van der Waals surface area contributed by atoms with Crippen molar-refractivity contribution in [2.75, 3.05) is 6.61 Å². The molecule has 0 aromatic heterocycles. The van der Waals surface area contributed by atoms with Gasteiger partial charge in [-0.25, -0.2) is 0 Å². The molecule has 2 aliphatic rings. The fourth-order valence-electron chi connectivity index (χ4n) is 2.67. The predicted molar refractivity (Wildman–Crippen MR) is 59.6 cm³/mol. The van der Waals surface area contributed by atoms with Gasteiger partial charge in [0.1, 0.15) is 0 Å². The summed E-state index contributed by atoms with van der Waals surface area (Å²) in [6, 6.07) is 10.3. The SMILES string of the molecule is C[C@H]1C[C@H]2CO[C@H](c3ccccc3)N2C1=O. The van der Waals surface area contributed by atoms with Gasteiger partial charge in [-0.3, -0.25) is 4.79 Å². The van der Waals surface area contributed by atoms with Crippen LogP contribution in [0.2, 0.25) is 0 Å². The Morgan fingerprint density at radius 3 is 2.81 bits per heavy atom. The molecule has 0 bridgehead atoms. The Morgan fingerprint density at radius 2 is 2.06 bits per heavy atom. The normalized spacial score (nSPS) is 33.2. The molecular formula is C13H15NO2. The lowest BCUT2D eigenvalue weighted by Crippen LogP contribution is -2.31. The van der Waals surface area contributed by atoms with Gasteiger partial charge in [-0.05, 0) is 6.42 Å². The second kappa shape index (κ2) is 3.59. The van der Waals surface area contributed by atoms with Gasteiger partial charge in [0.25, 0.3) is 0 Å². The summed E-state index contributed by atoms with van der Waals surface area (Å²) >= 11 is 0. The van der Waals surface area contributed by atoms with Crippen molar-refractivity contribution in [2.24, 2.45) is 5.92 Å². The van der Waals surface area contributed by atoms with Gasteiger partial charge >= 0.3 is 0 Å². The zero-order valence-electron chi connectivity index (χ0n) is 9.30. The monoisotopic (exact) mass is 217 g/mol. The van der Waals surface area contributed by atoms with Crippen LogP contribution in [0, 0.1) is 5.92 Å². The predicted octanol–water partition coefficient (Wildman–Crippen LogP) is 1.95. The molecule has 3 rings (SSSR count). The highest BCUT2D eigenvalue weighted by Crippen LogP contribution is 2.39. The van der Waals surface area contributed by atoms with E-state index in [2.05, 4.69) is 0 Å². The Morgan fingerprint density at radius 1 is 1.31 bits per heavy atom. The van der Waals surface area contributed by atoms with Crippen molar-refractivity contribution in [1.29, 1.82) is 0 Å². The van der Waals surface area contributed by atoms with E-state index in [4.69, 9.17) is 4.74 Å². The summed E-state index contributed by atoms with van der Waals surface area (Å²) in [5.74, 6) is 0.386. The highest BCUT2D eigenvalue weighted by Gasteiger charge is 2.46. The van der Waals surface area contributed by atoms with Crippen molar-refractivity contribution in [3.8, 4) is 0 Å². The van der Waals surface area contributed by atoms with Crippen LogP contribution in [0.1, 0.15) is 25.1 Å². The molecule has 3 atom stereocenters. The standard InChI is InChI=1S/C13H15NO2/c1-9-7-11-8-16-13(14(11)12(9)15)10-5-3-2-4-6-10/h2-6,9,11,13H,7-8H2,1H3/t9-,11-,13+/m0/s1. The van der Waals surface area contributed by atoms with Crippen LogP contribution in [-0.4, -0.2) is 23.5 Å². The highest BCUT2D eigenvalue weighted by atomic mass is 16.5. The van der Waals surface area contributed by atoms with E-state index < -0.39 is 0 Å². The first-order chi connectivity index (χ1) is 7.77. The summed E-state index contributed by atoms with van der Waals surface area (Å²) < 4.78 is 5.73. The molecule has 84 valence electrons. The van der Waals surface area contributed by atoms with E-state index in [1.807, 2.05) is 42.2 Å². The first kappa shape index (κ1) is 9.85. The van der Waals surface area contributed by atoms with E-state index in [-0.39, 0.29) is 24.1 Å². The van der Waals surface area contributed by atoms with Gasteiger partial charge in [-0.1, -0.05) is 37.3 Å². The number of hydrogen-bond donors (Lipinski definition) is 0. The first-order valence-electron chi connectivity index (χ1n) is 5.76. The molecule has 0 radical (unpaired) electrons. The van der Waals surface area contributed by atoms with Crippen molar-refractivity contribution in [3.05, 3.63) is 35.9 Å². The van der Waals surface area contributed by atoms with Gasteiger partial charge in [0.05, 0.1) is 12.6 Å². The summed E-state index contributed by atoms with van der Waals surface area (Å²) in [7, 11) is 0. The lowest BCUT2D eigenvalue weighted by atomic mass is 10.1. The quantitative estimate of drug-likeness (QED) is 0.719. The van der Waals surface area contributed by atoms with E-state index >= 15 is 0 Å². The van der Waals surface area contributed by atoms with Crippen molar-refractivity contribution in [3.63, 3.8) is 0 Å². The molecule has 1 aromatic carbocycles. The summed E-state index contributed by atoms with van der Waals surface area (Å²) in [6.45, 7) is 2.68. The Bertz CT molecular complexity index is 404. The van der Waals surface area contributed by atoms with Crippen LogP contribution in [0.5, 0.6) is 0 Å². The van der Waals surface area contributed by atoms with E-state index in [1.54, 1.807) is 0 Å². The smallest absolute Gasteiger partial charge is 0.228 e. The van der Waals surface area contributed by atoms with Gasteiger partial charge in [-0.2, -0.15) is 0 Å². The molecule has 0 aliphatic carbocycles. The highest BCUT2D eigenvalue weighted by molar-refractivity contribution is 5.81. The van der Waals surface area contributed by atoms with Crippen molar-refractivity contribution < 1.29 is 9.53 Å². The largest absolute Gasteiger partial charge is 0.352 e. The molecule has 1 aromatic rings. The number of hydrogen-bond acceptors (Lipinski definition) is 2. The Labute approximate surface area is 95.0 Å². The molecule has 0 saturated carbocycles. The lowest BCUT2D eigenvalue weighted by molar-refractivity contribution is -0.136. The van der Waals surface area contributed by atoms with Gasteiger partial charge in [0, 0.05) is 11.5 Å². The van der Waals surface area contributed by atoms with E-state index in [0.717, 1.165) is 12.0 Å². The molecule has 2 heterocycles. The first-order valence-corrected chi connectivity index (χ1v) is 5.76. The molecule has 3 heteroatoms. The maximum Gasteiger partial charge on any atom is 0.228 e. The van der Waals surface area contributed by atoms with Crippen LogP contribution >= 0.6 is 0 Å². The third-order valence-electron chi connectivity index (χ3n) is 3.48. The van der Waals surface area contributed by atoms with Crippen molar-refractivity contribution in [2.45, 2.75) is 25.6 Å². The summed E-state index contributed by atoms with van der Waals surface area (Å²) in [6.07, 6.45) is 0.769. The maximum atomic E-state index is 12.0. The van der Waals surface area contributed by atoms with E-state index in [9.17, 15) is 4.79 Å². The molecule has 2 aliphatic heterocycles. The van der Waals surface area contributed by atoms with Gasteiger partial charge < -0.3 is 9.64 Å². The van der Waals surface area contributed by atoms with E-state index in [1.165, 1.54) is 0 Å². The van der Waals surface area contributed by atoms with Gasteiger partial charge in [-0.15, -0.1) is 0 Å². The minimum Gasteiger partial charge on any atom is -0.352 e. The number of fused-ring (bicyclic) bond motifs is 1. The molecule has 0 N–H and O–H groups in total. The molecule has 16 heavy (non-hydrogen) atoms. The maximum absolute atomic E-state index is 12.0. The number of benzene rings is 1. The zero-order chi connectivity index (χ0) is 11.1. The minimum absolute atomic E-state index is 0.153. The number of amides is 1. The fraction of sp³-hybridized carbons (Fsp3) is 0.462. The molecule has 0 spiro atoms. The Hall–Kier alpha value is -1.35. The average molecular weight is 217 g/mol. The Balaban J connectivity index is 1.91. The van der Waals surface area contributed by atoms with Gasteiger partial charge in [0.15, 0.2) is 6.23 Å². The summed E-state index contributed by atoms with van der Waals surface area (Å²) in [5.41, 5.74) is 1.08. The number of rotatable bonds is 1. The molecule has 2 fully saturated rings. The Kier molecular flexibility index (Phi) is 2.21. The number of carbonyl (C=O) groups is 1. The third kappa shape index (κ3) is 1.35. The van der Waals surface area contributed by atoms with Gasteiger partial charge in [0.2, 0.25) is 5.91 Å². The van der Waals surface area contributed by atoms with E-state index in [0.29, 0.717) is 6.61 Å². The van der Waals surface area contributed by atoms with Crippen LogP contribution in [0.15, 0.2) is 30.3 Å². The number of ether oxygens (including phenoxy) is 1. The van der Waals surface area contributed by atoms with Crippen LogP contribution in [-0.2, 0) is 9.53 Å². The van der Waals surface area contributed by atoms with Crippen LogP contribution in [0.25, 0.3) is 0 Å². The number of nitrogens with zero attached hydrogens (tertiary/aromatic N) is 1. The topological polar surface area (TPSA) is 29.5 Å². The summed E-state index contributed by atoms with van der Waals surface area (Å²) in [5, 5.41) is 0. The fourth-order valence-corrected chi connectivity index (χ4v) is 2.67. The molecular weight excluding hydrogens is 202 g/mol.